The largest absolute Gasteiger partial charge is 0.399 e. The van der Waals surface area contributed by atoms with Crippen molar-refractivity contribution in [2.45, 2.75) is 12.8 Å². The molecule has 3 aromatic rings. The van der Waals surface area contributed by atoms with Crippen LogP contribution in [-0.2, 0) is 11.3 Å². The van der Waals surface area contributed by atoms with Crippen molar-refractivity contribution in [3.63, 3.8) is 0 Å². The normalized spacial score (nSPS) is 11.3. The Balaban J connectivity index is 0.00000261. The molecule has 0 fully saturated rings. The van der Waals surface area contributed by atoms with Gasteiger partial charge >= 0.3 is 0 Å². The second-order valence-electron chi connectivity index (χ2n) is 6.16. The van der Waals surface area contributed by atoms with E-state index in [2.05, 4.69) is 52.9 Å². The maximum absolute atomic E-state index is 13.1. The highest BCUT2D eigenvalue weighted by molar-refractivity contribution is 6.00. The Kier molecular flexibility index (Phi) is 8.24. The zero-order valence-corrected chi connectivity index (χ0v) is 16.1. The van der Waals surface area contributed by atoms with Gasteiger partial charge in [0.15, 0.2) is 0 Å². The van der Waals surface area contributed by atoms with E-state index in [4.69, 9.17) is 4.84 Å². The van der Waals surface area contributed by atoms with Crippen LogP contribution in [0.1, 0.15) is 17.5 Å². The molecular weight excluding hydrogens is 363 g/mol. The molecule has 0 aliphatic rings. The van der Waals surface area contributed by atoms with Crippen molar-refractivity contribution in [2.24, 2.45) is 5.16 Å². The molecule has 3 nitrogen and oxygen atoms in total. The summed E-state index contributed by atoms with van der Waals surface area (Å²) in [5, 5.41) is 10.1. The van der Waals surface area contributed by atoms with E-state index in [1.807, 2.05) is 0 Å². The van der Waals surface area contributed by atoms with Crippen LogP contribution in [0.2, 0.25) is 0 Å². The molecule has 0 unspecified atom stereocenters. The summed E-state index contributed by atoms with van der Waals surface area (Å²) in [5.74, 6) is -0.251. The van der Waals surface area contributed by atoms with Crippen molar-refractivity contribution in [2.75, 3.05) is 20.2 Å². The van der Waals surface area contributed by atoms with Crippen LogP contribution in [0.5, 0.6) is 0 Å². The molecule has 0 aliphatic heterocycles. The predicted octanol–water partition coefficient (Wildman–Crippen LogP) is 4.97. The van der Waals surface area contributed by atoms with E-state index in [-0.39, 0.29) is 18.2 Å². The lowest BCUT2D eigenvalue weighted by atomic mass is 10.1. The molecule has 1 N–H and O–H groups in total. The highest BCUT2D eigenvalue weighted by atomic mass is 35.5. The number of benzene rings is 3. The first kappa shape index (κ1) is 20.9. The summed E-state index contributed by atoms with van der Waals surface area (Å²) in [7, 11) is 1.52. The fourth-order valence-electron chi connectivity index (χ4n) is 2.95. The van der Waals surface area contributed by atoms with Gasteiger partial charge in [-0.05, 0) is 47.0 Å². The highest BCUT2D eigenvalue weighted by Gasteiger charge is 2.05. The molecule has 0 bridgehead atoms. The minimum atomic E-state index is -0.251. The molecule has 3 aromatic carbocycles. The Morgan fingerprint density at radius 1 is 0.963 bits per heavy atom. The van der Waals surface area contributed by atoms with Gasteiger partial charge in [0.25, 0.3) is 0 Å². The van der Waals surface area contributed by atoms with Crippen molar-refractivity contribution in [3.8, 4) is 0 Å². The van der Waals surface area contributed by atoms with Crippen molar-refractivity contribution >= 4 is 28.9 Å². The van der Waals surface area contributed by atoms with Gasteiger partial charge in [0, 0.05) is 13.0 Å². The third-order valence-electron chi connectivity index (χ3n) is 4.32. The van der Waals surface area contributed by atoms with Gasteiger partial charge in [-0.2, -0.15) is 0 Å². The van der Waals surface area contributed by atoms with Crippen molar-refractivity contribution in [1.82, 2.24) is 5.32 Å². The average Bonchev–Trinajstić information content (AvgIpc) is 2.67. The quantitative estimate of drug-likeness (QED) is 0.337. The first-order valence-electron chi connectivity index (χ1n) is 8.80. The standard InChI is InChI=1S/C22H23FN2O.ClH/c1-26-25-22(19-8-10-21(23)11-9-19)13-15-24-14-12-17-6-7-18-4-2-3-5-20(18)16-17;/h2-11,16,24H,12-15H2,1H3;1H/b25-22-;. The van der Waals surface area contributed by atoms with Crippen LogP contribution in [0.25, 0.3) is 10.8 Å². The van der Waals surface area contributed by atoms with Gasteiger partial charge in [-0.15, -0.1) is 12.4 Å². The fraction of sp³-hybridized carbons (Fsp3) is 0.227. The molecule has 0 aromatic heterocycles. The number of nitrogens with one attached hydrogen (secondary N) is 1. The number of nitrogens with zero attached hydrogens (tertiary/aromatic N) is 1. The Morgan fingerprint density at radius 3 is 2.44 bits per heavy atom. The Hall–Kier alpha value is -2.43. The van der Waals surface area contributed by atoms with Gasteiger partial charge in [0.05, 0.1) is 5.71 Å². The van der Waals surface area contributed by atoms with Crippen LogP contribution in [0.15, 0.2) is 71.9 Å². The van der Waals surface area contributed by atoms with Crippen LogP contribution in [0, 0.1) is 5.82 Å². The van der Waals surface area contributed by atoms with Crippen LogP contribution in [-0.4, -0.2) is 25.9 Å². The third kappa shape index (κ3) is 6.05. The summed E-state index contributed by atoms with van der Waals surface area (Å²) in [6, 6.07) is 21.3. The SMILES string of the molecule is CO/N=C(/CCNCCc1ccc2ccccc2c1)c1ccc(F)cc1.Cl. The monoisotopic (exact) mass is 386 g/mol. The van der Waals surface area contributed by atoms with Gasteiger partial charge in [-0.3, -0.25) is 0 Å². The second-order valence-corrected chi connectivity index (χ2v) is 6.16. The molecule has 142 valence electrons. The number of halogens is 2. The lowest BCUT2D eigenvalue weighted by Gasteiger charge is -2.08. The molecule has 0 radical (unpaired) electrons. The zero-order valence-electron chi connectivity index (χ0n) is 15.3. The summed E-state index contributed by atoms with van der Waals surface area (Å²) >= 11 is 0. The van der Waals surface area contributed by atoms with Crippen LogP contribution >= 0.6 is 12.4 Å². The first-order chi connectivity index (χ1) is 12.8. The number of hydrogen-bond acceptors (Lipinski definition) is 3. The highest BCUT2D eigenvalue weighted by Crippen LogP contribution is 2.15. The molecule has 0 aliphatic carbocycles. The van der Waals surface area contributed by atoms with Crippen molar-refractivity contribution in [3.05, 3.63) is 83.7 Å². The number of rotatable bonds is 8. The third-order valence-corrected chi connectivity index (χ3v) is 4.32. The molecule has 0 spiro atoms. The lowest BCUT2D eigenvalue weighted by Crippen LogP contribution is -2.21. The van der Waals surface area contributed by atoms with Gasteiger partial charge in [0.2, 0.25) is 0 Å². The number of fused-ring (bicyclic) bond motifs is 1. The van der Waals surface area contributed by atoms with Gasteiger partial charge in [-0.25, -0.2) is 4.39 Å². The van der Waals surface area contributed by atoms with Crippen LogP contribution in [0.4, 0.5) is 4.39 Å². The summed E-state index contributed by atoms with van der Waals surface area (Å²) < 4.78 is 13.1. The predicted molar refractivity (Wildman–Crippen MR) is 112 cm³/mol. The van der Waals surface area contributed by atoms with Gasteiger partial charge in [0.1, 0.15) is 12.9 Å². The Morgan fingerprint density at radius 2 is 1.70 bits per heavy atom. The average molecular weight is 387 g/mol. The smallest absolute Gasteiger partial charge is 0.123 e. The molecule has 0 heterocycles. The van der Waals surface area contributed by atoms with Crippen molar-refractivity contribution in [1.29, 1.82) is 0 Å². The van der Waals surface area contributed by atoms with E-state index in [0.29, 0.717) is 0 Å². The second kappa shape index (κ2) is 10.7. The van der Waals surface area contributed by atoms with E-state index in [9.17, 15) is 4.39 Å². The van der Waals surface area contributed by atoms with E-state index in [1.165, 1.54) is 35.6 Å². The maximum Gasteiger partial charge on any atom is 0.123 e. The first-order valence-corrected chi connectivity index (χ1v) is 8.80. The Bertz CT molecular complexity index is 881. The number of oxime groups is 1. The topological polar surface area (TPSA) is 33.6 Å². The molecular formula is C22H24ClFN2O. The minimum Gasteiger partial charge on any atom is -0.399 e. The van der Waals surface area contributed by atoms with E-state index >= 15 is 0 Å². The minimum absolute atomic E-state index is 0. The van der Waals surface area contributed by atoms with E-state index in [0.717, 1.165) is 37.2 Å². The molecule has 5 heteroatoms. The summed E-state index contributed by atoms with van der Waals surface area (Å²) in [5.41, 5.74) is 3.01. The van der Waals surface area contributed by atoms with E-state index in [1.54, 1.807) is 12.1 Å². The zero-order chi connectivity index (χ0) is 18.2. The summed E-state index contributed by atoms with van der Waals surface area (Å²) in [4.78, 5) is 4.92. The summed E-state index contributed by atoms with van der Waals surface area (Å²) in [6.45, 7) is 1.68. The molecule has 0 saturated heterocycles. The van der Waals surface area contributed by atoms with Gasteiger partial charge in [-0.1, -0.05) is 59.8 Å². The molecule has 3 rings (SSSR count). The maximum atomic E-state index is 13.1. The number of hydrogen-bond donors (Lipinski definition) is 1. The summed E-state index contributed by atoms with van der Waals surface area (Å²) in [6.07, 6.45) is 1.69. The van der Waals surface area contributed by atoms with Crippen LogP contribution in [0.3, 0.4) is 0 Å². The molecule has 0 amide bonds. The molecule has 0 atom stereocenters. The van der Waals surface area contributed by atoms with Gasteiger partial charge < -0.3 is 10.2 Å². The molecule has 27 heavy (non-hydrogen) atoms. The van der Waals surface area contributed by atoms with E-state index < -0.39 is 0 Å². The lowest BCUT2D eigenvalue weighted by molar-refractivity contribution is 0.213. The fourth-order valence-corrected chi connectivity index (χ4v) is 2.95. The Labute approximate surface area is 165 Å². The van der Waals surface area contributed by atoms with Crippen LogP contribution < -0.4 is 5.32 Å². The van der Waals surface area contributed by atoms with Crippen molar-refractivity contribution < 1.29 is 9.23 Å². The molecule has 0 saturated carbocycles.